The van der Waals surface area contributed by atoms with Gasteiger partial charge in [0.2, 0.25) is 0 Å². The van der Waals surface area contributed by atoms with Gasteiger partial charge in [0.15, 0.2) is 0 Å². The van der Waals surface area contributed by atoms with E-state index in [9.17, 15) is 9.90 Å². The van der Waals surface area contributed by atoms with E-state index in [1.54, 1.807) is 13.8 Å². The van der Waals surface area contributed by atoms with Crippen LogP contribution in [0.25, 0.3) is 0 Å². The topological polar surface area (TPSA) is 46.5 Å². The maximum Gasteiger partial charge on any atom is 0.306 e. The zero-order valence-corrected chi connectivity index (χ0v) is 9.46. The highest BCUT2D eigenvalue weighted by atomic mass is 16.5. The highest BCUT2D eigenvalue weighted by Crippen LogP contribution is 2.54. The summed E-state index contributed by atoms with van der Waals surface area (Å²) in [7, 11) is 0. The van der Waals surface area contributed by atoms with Gasteiger partial charge in [-0.1, -0.05) is 13.8 Å². The summed E-state index contributed by atoms with van der Waals surface area (Å²) in [6.45, 7) is 8.06. The third kappa shape index (κ3) is 1.78. The number of carbonyl (C=O) groups excluding carboxylic acids is 1. The molecule has 3 nitrogen and oxygen atoms in total. The standard InChI is InChI=1S/C11H20O3/c1-5-14-9(12)6-8-7-10(2,3)11(8,4)13/h8,13H,5-7H2,1-4H3/t8-,11-/m1/s1. The van der Waals surface area contributed by atoms with Gasteiger partial charge in [-0.05, 0) is 31.6 Å². The Morgan fingerprint density at radius 1 is 1.50 bits per heavy atom. The first-order chi connectivity index (χ1) is 6.31. The van der Waals surface area contributed by atoms with Crippen molar-refractivity contribution >= 4 is 5.97 Å². The van der Waals surface area contributed by atoms with Gasteiger partial charge in [-0.3, -0.25) is 4.79 Å². The molecule has 0 radical (unpaired) electrons. The predicted molar refractivity (Wildman–Crippen MR) is 53.8 cm³/mol. The van der Waals surface area contributed by atoms with Crippen LogP contribution in [-0.4, -0.2) is 23.3 Å². The van der Waals surface area contributed by atoms with Crippen LogP contribution < -0.4 is 0 Å². The average molecular weight is 200 g/mol. The molecule has 0 aliphatic heterocycles. The van der Waals surface area contributed by atoms with E-state index in [4.69, 9.17) is 4.74 Å². The summed E-state index contributed by atoms with van der Waals surface area (Å²) in [4.78, 5) is 11.2. The number of carbonyl (C=O) groups is 1. The summed E-state index contributed by atoms with van der Waals surface area (Å²) in [6.07, 6.45) is 1.23. The van der Waals surface area contributed by atoms with Crippen molar-refractivity contribution in [3.63, 3.8) is 0 Å². The summed E-state index contributed by atoms with van der Waals surface area (Å²) >= 11 is 0. The van der Waals surface area contributed by atoms with E-state index in [-0.39, 0.29) is 17.3 Å². The second-order valence-electron chi connectivity index (χ2n) is 4.94. The Labute approximate surface area is 85.5 Å². The Kier molecular flexibility index (Phi) is 2.91. The fourth-order valence-electron chi connectivity index (χ4n) is 2.13. The van der Waals surface area contributed by atoms with Crippen LogP contribution in [0.2, 0.25) is 0 Å². The Hall–Kier alpha value is -0.570. The maximum atomic E-state index is 11.2. The van der Waals surface area contributed by atoms with Crippen molar-refractivity contribution < 1.29 is 14.6 Å². The number of ether oxygens (including phenoxy) is 1. The van der Waals surface area contributed by atoms with Crippen molar-refractivity contribution in [1.82, 2.24) is 0 Å². The minimum absolute atomic E-state index is 0.0524. The zero-order chi connectivity index (χ0) is 11.0. The van der Waals surface area contributed by atoms with Crippen molar-refractivity contribution in [2.45, 2.75) is 46.1 Å². The largest absolute Gasteiger partial charge is 0.466 e. The summed E-state index contributed by atoms with van der Waals surface area (Å²) < 4.78 is 4.86. The van der Waals surface area contributed by atoms with Crippen molar-refractivity contribution in [2.75, 3.05) is 6.61 Å². The van der Waals surface area contributed by atoms with Crippen LogP contribution in [0.15, 0.2) is 0 Å². The van der Waals surface area contributed by atoms with Gasteiger partial charge >= 0.3 is 5.97 Å². The quantitative estimate of drug-likeness (QED) is 0.706. The van der Waals surface area contributed by atoms with E-state index in [0.717, 1.165) is 6.42 Å². The normalized spacial score (nSPS) is 34.8. The summed E-state index contributed by atoms with van der Waals surface area (Å²) in [5.41, 5.74) is -0.816. The molecule has 0 amide bonds. The monoisotopic (exact) mass is 200 g/mol. The molecule has 0 bridgehead atoms. The van der Waals surface area contributed by atoms with Gasteiger partial charge < -0.3 is 9.84 Å². The molecule has 0 saturated heterocycles. The molecule has 14 heavy (non-hydrogen) atoms. The predicted octanol–water partition coefficient (Wildman–Crippen LogP) is 1.74. The third-order valence-electron chi connectivity index (χ3n) is 3.64. The first-order valence-electron chi connectivity index (χ1n) is 5.19. The molecule has 0 aromatic carbocycles. The lowest BCUT2D eigenvalue weighted by Crippen LogP contribution is -2.59. The van der Waals surface area contributed by atoms with Crippen LogP contribution in [0.5, 0.6) is 0 Å². The molecule has 1 fully saturated rings. The van der Waals surface area contributed by atoms with E-state index < -0.39 is 5.60 Å². The van der Waals surface area contributed by atoms with Crippen LogP contribution in [0.4, 0.5) is 0 Å². The number of esters is 1. The highest BCUT2D eigenvalue weighted by molar-refractivity contribution is 5.70. The van der Waals surface area contributed by atoms with Crippen molar-refractivity contribution in [3.8, 4) is 0 Å². The first-order valence-corrected chi connectivity index (χ1v) is 5.19. The molecular weight excluding hydrogens is 180 g/mol. The first kappa shape index (κ1) is 11.5. The number of aliphatic hydroxyl groups is 1. The van der Waals surface area contributed by atoms with E-state index >= 15 is 0 Å². The van der Waals surface area contributed by atoms with E-state index in [1.165, 1.54) is 0 Å². The number of hydrogen-bond acceptors (Lipinski definition) is 3. The maximum absolute atomic E-state index is 11.2. The molecule has 1 aliphatic rings. The molecule has 3 heteroatoms. The third-order valence-corrected chi connectivity index (χ3v) is 3.64. The average Bonchev–Trinajstić information content (AvgIpc) is 2.03. The van der Waals surface area contributed by atoms with Crippen molar-refractivity contribution in [1.29, 1.82) is 0 Å². The molecule has 0 spiro atoms. The van der Waals surface area contributed by atoms with Crippen LogP contribution in [0, 0.1) is 11.3 Å². The minimum atomic E-state index is -0.736. The van der Waals surface area contributed by atoms with Gasteiger partial charge in [-0.2, -0.15) is 0 Å². The summed E-state index contributed by atoms with van der Waals surface area (Å²) in [6, 6.07) is 0. The Morgan fingerprint density at radius 3 is 2.43 bits per heavy atom. The Bertz CT molecular complexity index is 231. The molecular formula is C11H20O3. The molecule has 1 saturated carbocycles. The van der Waals surface area contributed by atoms with E-state index in [0.29, 0.717) is 13.0 Å². The van der Waals surface area contributed by atoms with Gasteiger partial charge in [0.25, 0.3) is 0 Å². The molecule has 0 aromatic rings. The van der Waals surface area contributed by atoms with Crippen molar-refractivity contribution in [2.24, 2.45) is 11.3 Å². The number of rotatable bonds is 3. The fraction of sp³-hybridized carbons (Fsp3) is 0.909. The lowest BCUT2D eigenvalue weighted by molar-refractivity contribution is -0.196. The fourth-order valence-corrected chi connectivity index (χ4v) is 2.13. The lowest BCUT2D eigenvalue weighted by atomic mass is 9.52. The molecule has 2 atom stereocenters. The van der Waals surface area contributed by atoms with Gasteiger partial charge in [-0.25, -0.2) is 0 Å². The van der Waals surface area contributed by atoms with Crippen LogP contribution >= 0.6 is 0 Å². The lowest BCUT2D eigenvalue weighted by Gasteiger charge is -2.56. The highest BCUT2D eigenvalue weighted by Gasteiger charge is 2.56. The molecule has 82 valence electrons. The molecule has 1 N–H and O–H groups in total. The van der Waals surface area contributed by atoms with Crippen molar-refractivity contribution in [3.05, 3.63) is 0 Å². The van der Waals surface area contributed by atoms with E-state index in [2.05, 4.69) is 0 Å². The van der Waals surface area contributed by atoms with Crippen LogP contribution in [-0.2, 0) is 9.53 Å². The Balaban J connectivity index is 2.47. The molecule has 0 aromatic heterocycles. The zero-order valence-electron chi connectivity index (χ0n) is 9.46. The SMILES string of the molecule is CCOC(=O)C[C@@H]1CC(C)(C)[C@]1(C)O. The summed E-state index contributed by atoms with van der Waals surface area (Å²) in [5, 5.41) is 10.1. The molecule has 1 rings (SSSR count). The minimum Gasteiger partial charge on any atom is -0.466 e. The molecule has 0 heterocycles. The Morgan fingerprint density at radius 2 is 2.07 bits per heavy atom. The smallest absolute Gasteiger partial charge is 0.306 e. The van der Waals surface area contributed by atoms with Gasteiger partial charge in [0.1, 0.15) is 0 Å². The molecule has 1 aliphatic carbocycles. The van der Waals surface area contributed by atoms with Gasteiger partial charge in [0, 0.05) is 0 Å². The summed E-state index contributed by atoms with van der Waals surface area (Å²) in [5.74, 6) is -0.148. The second-order valence-corrected chi connectivity index (χ2v) is 4.94. The number of hydrogen-bond donors (Lipinski definition) is 1. The van der Waals surface area contributed by atoms with E-state index in [1.807, 2.05) is 13.8 Å². The van der Waals surface area contributed by atoms with Crippen LogP contribution in [0.1, 0.15) is 40.5 Å². The van der Waals surface area contributed by atoms with Gasteiger partial charge in [0.05, 0.1) is 18.6 Å². The van der Waals surface area contributed by atoms with Gasteiger partial charge in [-0.15, -0.1) is 0 Å². The van der Waals surface area contributed by atoms with Crippen LogP contribution in [0.3, 0.4) is 0 Å². The molecule has 0 unspecified atom stereocenters. The second kappa shape index (κ2) is 3.54.